The van der Waals surface area contributed by atoms with Crippen molar-refractivity contribution in [2.45, 2.75) is 24.7 Å². The molecule has 0 aliphatic heterocycles. The summed E-state index contributed by atoms with van der Waals surface area (Å²) in [5.74, 6) is 0. The number of sulfonamides is 1. The van der Waals surface area contributed by atoms with Gasteiger partial charge in [-0.2, -0.15) is 0 Å². The van der Waals surface area contributed by atoms with E-state index in [-0.39, 0.29) is 4.90 Å². The maximum absolute atomic E-state index is 11.9. The summed E-state index contributed by atoms with van der Waals surface area (Å²) in [4.78, 5) is 2.70. The van der Waals surface area contributed by atoms with Crippen LogP contribution < -0.4 is 10.1 Å². The summed E-state index contributed by atoms with van der Waals surface area (Å²) in [6.45, 7) is 4.05. The summed E-state index contributed by atoms with van der Waals surface area (Å²) in [6, 6.07) is 7.04. The Morgan fingerprint density at radius 1 is 1.16 bits per heavy atom. The third-order valence-electron chi connectivity index (χ3n) is 2.61. The molecular weight excluding hydrogens is 262 g/mol. The number of aryl methyl sites for hydroxylation is 1. The Morgan fingerprint density at radius 2 is 1.79 bits per heavy atom. The smallest absolute Gasteiger partial charge is 0.253 e. The van der Waals surface area contributed by atoms with Gasteiger partial charge in [0.25, 0.3) is 10.0 Å². The van der Waals surface area contributed by atoms with E-state index in [4.69, 9.17) is 0 Å². The van der Waals surface area contributed by atoms with Crippen LogP contribution in [-0.4, -0.2) is 40.6 Å². The number of hydrazine groups is 1. The highest BCUT2D eigenvalue weighted by Gasteiger charge is 2.13. The summed E-state index contributed by atoms with van der Waals surface area (Å²) in [7, 11) is -0.151. The molecule has 1 aromatic carbocycles. The van der Waals surface area contributed by atoms with Gasteiger partial charge in [-0.1, -0.05) is 19.1 Å². The van der Waals surface area contributed by atoms with Gasteiger partial charge in [-0.25, -0.2) is 13.4 Å². The van der Waals surface area contributed by atoms with Crippen LogP contribution in [0.15, 0.2) is 29.2 Å². The Bertz CT molecular complexity index is 469. The van der Waals surface area contributed by atoms with Gasteiger partial charge in [0, 0.05) is 14.1 Å². The lowest BCUT2D eigenvalue weighted by molar-refractivity contribution is 0.364. The van der Waals surface area contributed by atoms with Crippen LogP contribution in [0.5, 0.6) is 0 Å². The third kappa shape index (κ3) is 5.69. The Balaban J connectivity index is 2.61. The molecule has 0 saturated carbocycles. The molecule has 0 unspecified atom stereocenters. The largest absolute Gasteiger partial charge is 0.317 e. The van der Waals surface area contributed by atoms with E-state index in [1.165, 1.54) is 5.01 Å². The van der Waals surface area contributed by atoms with Crippen molar-refractivity contribution in [2.24, 2.45) is 0 Å². The molecule has 0 saturated heterocycles. The first-order valence-electron chi connectivity index (χ1n) is 6.45. The van der Waals surface area contributed by atoms with E-state index in [9.17, 15) is 8.42 Å². The van der Waals surface area contributed by atoms with E-state index in [1.54, 1.807) is 26.2 Å². The zero-order chi connectivity index (χ0) is 14.3. The lowest BCUT2D eigenvalue weighted by Gasteiger charge is -2.12. The van der Waals surface area contributed by atoms with Crippen LogP contribution in [0.4, 0.5) is 0 Å². The van der Waals surface area contributed by atoms with E-state index in [2.05, 4.69) is 17.1 Å². The molecule has 0 radical (unpaired) electrons. The molecule has 0 atom stereocenters. The number of hydrogen-bond acceptors (Lipinski definition) is 4. The van der Waals surface area contributed by atoms with Crippen molar-refractivity contribution in [3.8, 4) is 0 Å². The highest BCUT2D eigenvalue weighted by Crippen LogP contribution is 2.11. The number of nitrogens with zero attached hydrogens (tertiary/aromatic N) is 1. The summed E-state index contributed by atoms with van der Waals surface area (Å²) >= 11 is 0. The summed E-state index contributed by atoms with van der Waals surface area (Å²) < 4.78 is 23.8. The van der Waals surface area contributed by atoms with Crippen LogP contribution in [0.1, 0.15) is 18.9 Å². The minimum atomic E-state index is -3.44. The van der Waals surface area contributed by atoms with Gasteiger partial charge >= 0.3 is 0 Å². The van der Waals surface area contributed by atoms with Crippen LogP contribution in [0.2, 0.25) is 0 Å². The van der Waals surface area contributed by atoms with E-state index in [0.717, 1.165) is 31.5 Å². The SMILES string of the molecule is CCNCCCc1ccc(S(=O)(=O)NN(C)C)cc1. The normalized spacial score (nSPS) is 12.0. The fourth-order valence-electron chi connectivity index (χ4n) is 1.72. The predicted octanol–water partition coefficient (Wildman–Crippen LogP) is 0.984. The lowest BCUT2D eigenvalue weighted by atomic mass is 10.1. The van der Waals surface area contributed by atoms with E-state index >= 15 is 0 Å². The molecule has 6 heteroatoms. The van der Waals surface area contributed by atoms with Gasteiger partial charge in [-0.3, -0.25) is 0 Å². The fraction of sp³-hybridized carbons (Fsp3) is 0.538. The third-order valence-corrected chi connectivity index (χ3v) is 4.10. The first-order chi connectivity index (χ1) is 8.95. The Hall–Kier alpha value is -0.950. The van der Waals surface area contributed by atoms with Crippen LogP contribution in [0.25, 0.3) is 0 Å². The average Bonchev–Trinajstić information content (AvgIpc) is 2.34. The van der Waals surface area contributed by atoms with Crippen LogP contribution in [0, 0.1) is 0 Å². The van der Waals surface area contributed by atoms with Crippen molar-refractivity contribution >= 4 is 10.0 Å². The maximum atomic E-state index is 11.9. The molecule has 0 aliphatic rings. The minimum Gasteiger partial charge on any atom is -0.317 e. The standard InChI is InChI=1S/C13H23N3O2S/c1-4-14-11-5-6-12-7-9-13(10-8-12)19(17,18)15-16(2)3/h7-10,14-15H,4-6,11H2,1-3H3. The maximum Gasteiger partial charge on any atom is 0.253 e. The predicted molar refractivity (Wildman–Crippen MR) is 77.3 cm³/mol. The summed E-state index contributed by atoms with van der Waals surface area (Å²) in [5.41, 5.74) is 1.15. The summed E-state index contributed by atoms with van der Waals surface area (Å²) in [6.07, 6.45) is 2.00. The van der Waals surface area contributed by atoms with Gasteiger partial charge in [0.05, 0.1) is 4.90 Å². The molecule has 2 N–H and O–H groups in total. The molecule has 0 aliphatic carbocycles. The van der Waals surface area contributed by atoms with Gasteiger partial charge in [0.2, 0.25) is 0 Å². The Morgan fingerprint density at radius 3 is 2.32 bits per heavy atom. The molecule has 108 valence electrons. The lowest BCUT2D eigenvalue weighted by Crippen LogP contribution is -2.36. The zero-order valence-corrected chi connectivity index (χ0v) is 12.6. The number of rotatable bonds is 8. The van der Waals surface area contributed by atoms with Gasteiger partial charge in [0.15, 0.2) is 0 Å². The van der Waals surface area contributed by atoms with Crippen molar-refractivity contribution in [3.63, 3.8) is 0 Å². The first kappa shape index (κ1) is 16.1. The Kier molecular flexibility index (Phi) is 6.44. The van der Waals surface area contributed by atoms with Crippen molar-refractivity contribution in [2.75, 3.05) is 27.2 Å². The molecule has 0 spiro atoms. The molecule has 1 rings (SSSR count). The van der Waals surface area contributed by atoms with E-state index in [1.807, 2.05) is 12.1 Å². The topological polar surface area (TPSA) is 61.4 Å². The fourth-order valence-corrected chi connectivity index (χ4v) is 2.80. The van der Waals surface area contributed by atoms with Crippen molar-refractivity contribution < 1.29 is 8.42 Å². The highest BCUT2D eigenvalue weighted by molar-refractivity contribution is 7.89. The second-order valence-electron chi connectivity index (χ2n) is 4.59. The van der Waals surface area contributed by atoms with E-state index in [0.29, 0.717) is 0 Å². The molecule has 0 amide bonds. The molecule has 0 aromatic heterocycles. The highest BCUT2D eigenvalue weighted by atomic mass is 32.2. The molecular formula is C13H23N3O2S. The van der Waals surface area contributed by atoms with Crippen molar-refractivity contribution in [3.05, 3.63) is 29.8 Å². The number of nitrogens with one attached hydrogen (secondary N) is 2. The molecule has 5 nitrogen and oxygen atoms in total. The number of benzene rings is 1. The van der Waals surface area contributed by atoms with Gasteiger partial charge in [-0.15, -0.1) is 4.83 Å². The molecule has 0 fully saturated rings. The van der Waals surface area contributed by atoms with Crippen LogP contribution in [-0.2, 0) is 16.4 Å². The minimum absolute atomic E-state index is 0.289. The average molecular weight is 285 g/mol. The van der Waals surface area contributed by atoms with Crippen molar-refractivity contribution in [1.29, 1.82) is 0 Å². The Labute approximate surface area is 116 Å². The molecule has 19 heavy (non-hydrogen) atoms. The molecule has 0 bridgehead atoms. The second-order valence-corrected chi connectivity index (χ2v) is 6.25. The molecule has 0 heterocycles. The number of hydrogen-bond donors (Lipinski definition) is 2. The summed E-state index contributed by atoms with van der Waals surface area (Å²) in [5, 5.41) is 4.68. The van der Waals surface area contributed by atoms with E-state index < -0.39 is 10.0 Å². The second kappa shape index (κ2) is 7.59. The molecule has 1 aromatic rings. The van der Waals surface area contributed by atoms with Gasteiger partial charge < -0.3 is 5.32 Å². The van der Waals surface area contributed by atoms with Crippen LogP contribution in [0.3, 0.4) is 0 Å². The zero-order valence-electron chi connectivity index (χ0n) is 11.8. The van der Waals surface area contributed by atoms with Gasteiger partial charge in [0.1, 0.15) is 0 Å². The van der Waals surface area contributed by atoms with Crippen molar-refractivity contribution in [1.82, 2.24) is 15.2 Å². The monoisotopic (exact) mass is 285 g/mol. The quantitative estimate of drug-likeness (QED) is 0.552. The van der Waals surface area contributed by atoms with Crippen LogP contribution >= 0.6 is 0 Å². The van der Waals surface area contributed by atoms with Gasteiger partial charge in [-0.05, 0) is 43.6 Å². The first-order valence-corrected chi connectivity index (χ1v) is 7.93.